The lowest BCUT2D eigenvalue weighted by atomic mass is 10.2. The van der Waals surface area contributed by atoms with Crippen LogP contribution in [0.25, 0.3) is 11.8 Å². The van der Waals surface area contributed by atoms with Gasteiger partial charge in [-0.3, -0.25) is 14.5 Å². The van der Waals surface area contributed by atoms with Gasteiger partial charge < -0.3 is 9.67 Å². The number of imide groups is 1. The lowest BCUT2D eigenvalue weighted by Crippen LogP contribution is -2.36. The van der Waals surface area contributed by atoms with Crippen molar-refractivity contribution in [2.75, 3.05) is 0 Å². The lowest BCUT2D eigenvalue weighted by Gasteiger charge is -2.19. The van der Waals surface area contributed by atoms with Crippen molar-refractivity contribution < 1.29 is 19.5 Å². The van der Waals surface area contributed by atoms with E-state index in [1.807, 2.05) is 44.4 Å². The quantitative estimate of drug-likeness (QED) is 0.743. The van der Waals surface area contributed by atoms with Gasteiger partial charge in [0.25, 0.3) is 11.1 Å². The lowest BCUT2D eigenvalue weighted by molar-refractivity contribution is -0.124. The van der Waals surface area contributed by atoms with Crippen LogP contribution >= 0.6 is 11.8 Å². The Balaban J connectivity index is 2.00. The van der Waals surface area contributed by atoms with Gasteiger partial charge in [0.1, 0.15) is 0 Å². The molecule has 1 saturated heterocycles. The molecule has 1 fully saturated rings. The second kappa shape index (κ2) is 7.67. The summed E-state index contributed by atoms with van der Waals surface area (Å²) in [7, 11) is 0. The molecule has 2 amide bonds. The number of aryl methyl sites for hydroxylation is 1. The Labute approximate surface area is 167 Å². The Morgan fingerprint density at radius 3 is 2.61 bits per heavy atom. The van der Waals surface area contributed by atoms with Crippen molar-refractivity contribution in [1.82, 2.24) is 9.47 Å². The van der Waals surface area contributed by atoms with Gasteiger partial charge in [-0.1, -0.05) is 13.0 Å². The van der Waals surface area contributed by atoms with E-state index < -0.39 is 5.97 Å². The van der Waals surface area contributed by atoms with Gasteiger partial charge in [0.05, 0.1) is 10.5 Å². The van der Waals surface area contributed by atoms with Crippen LogP contribution in [0.5, 0.6) is 0 Å². The highest BCUT2D eigenvalue weighted by Crippen LogP contribution is 2.35. The maximum Gasteiger partial charge on any atom is 0.335 e. The molecule has 1 aliphatic heterocycles. The summed E-state index contributed by atoms with van der Waals surface area (Å²) in [5.41, 5.74) is 3.55. The molecule has 1 N–H and O–H groups in total. The molecule has 1 aromatic carbocycles. The van der Waals surface area contributed by atoms with Gasteiger partial charge in [-0.05, 0) is 74.9 Å². The number of aromatic carboxylic acids is 1. The Morgan fingerprint density at radius 1 is 1.25 bits per heavy atom. The highest BCUT2D eigenvalue weighted by atomic mass is 32.2. The number of amides is 2. The third-order valence-corrected chi connectivity index (χ3v) is 5.85. The van der Waals surface area contributed by atoms with Crippen LogP contribution in [0.3, 0.4) is 0 Å². The van der Waals surface area contributed by atoms with E-state index in [-0.39, 0.29) is 22.8 Å². The molecule has 2 heterocycles. The molecule has 0 aliphatic carbocycles. The fourth-order valence-corrected chi connectivity index (χ4v) is 4.21. The first-order chi connectivity index (χ1) is 13.2. The smallest absolute Gasteiger partial charge is 0.335 e. The minimum atomic E-state index is -0.983. The second-order valence-corrected chi connectivity index (χ2v) is 7.82. The van der Waals surface area contributed by atoms with Gasteiger partial charge in [0.2, 0.25) is 0 Å². The number of hydrogen-bond acceptors (Lipinski definition) is 4. The number of benzene rings is 1. The molecule has 1 aromatic heterocycles. The van der Waals surface area contributed by atoms with Crippen molar-refractivity contribution in [3.8, 4) is 5.69 Å². The van der Waals surface area contributed by atoms with E-state index in [0.29, 0.717) is 11.3 Å². The maximum absolute atomic E-state index is 12.7. The van der Waals surface area contributed by atoms with Gasteiger partial charge in [-0.15, -0.1) is 0 Å². The molecule has 1 atom stereocenters. The van der Waals surface area contributed by atoms with Gasteiger partial charge in [0.15, 0.2) is 0 Å². The van der Waals surface area contributed by atoms with Gasteiger partial charge in [0, 0.05) is 23.1 Å². The zero-order valence-corrected chi connectivity index (χ0v) is 17.0. The van der Waals surface area contributed by atoms with Crippen molar-refractivity contribution in [1.29, 1.82) is 0 Å². The van der Waals surface area contributed by atoms with Gasteiger partial charge in [-0.2, -0.15) is 0 Å². The number of rotatable bonds is 5. The summed E-state index contributed by atoms with van der Waals surface area (Å²) < 4.78 is 1.94. The summed E-state index contributed by atoms with van der Waals surface area (Å²) >= 11 is 0.958. The SMILES string of the molecule is CC[C@@H](C)N1C(=O)S/C(=C/c2cc(C)n(-c3cccc(C(=O)O)c3)c2C)C1=O. The van der Waals surface area contributed by atoms with E-state index >= 15 is 0 Å². The number of nitrogens with zero attached hydrogens (tertiary/aromatic N) is 2. The number of aromatic nitrogens is 1. The molecule has 1 aliphatic rings. The molecule has 28 heavy (non-hydrogen) atoms. The Hall–Kier alpha value is -2.80. The molecular formula is C21H22N2O4S. The fourth-order valence-electron chi connectivity index (χ4n) is 3.29. The van der Waals surface area contributed by atoms with Crippen LogP contribution < -0.4 is 0 Å². The van der Waals surface area contributed by atoms with Crippen LogP contribution in [0.15, 0.2) is 35.2 Å². The highest BCUT2D eigenvalue weighted by molar-refractivity contribution is 8.18. The molecule has 0 bridgehead atoms. The minimum Gasteiger partial charge on any atom is -0.478 e. The third kappa shape index (κ3) is 3.49. The second-order valence-electron chi connectivity index (χ2n) is 6.83. The first-order valence-electron chi connectivity index (χ1n) is 9.04. The molecule has 7 heteroatoms. The highest BCUT2D eigenvalue weighted by Gasteiger charge is 2.37. The molecule has 3 rings (SSSR count). The Kier molecular flexibility index (Phi) is 5.47. The van der Waals surface area contributed by atoms with Crippen molar-refractivity contribution >= 4 is 35.0 Å². The standard InChI is InChI=1S/C21H22N2O4S/c1-5-12(2)23-19(24)18(28-21(23)27)11-16-9-13(3)22(14(16)4)17-8-6-7-15(10-17)20(25)26/h6-12H,5H2,1-4H3,(H,25,26)/b18-11+/t12-/m1/s1. The van der Waals surface area contributed by atoms with E-state index in [1.165, 1.54) is 4.90 Å². The number of hydrogen-bond donors (Lipinski definition) is 1. The van der Waals surface area contributed by atoms with E-state index in [4.69, 9.17) is 0 Å². The molecule has 0 radical (unpaired) electrons. The van der Waals surface area contributed by atoms with E-state index in [9.17, 15) is 19.5 Å². The molecule has 2 aromatic rings. The van der Waals surface area contributed by atoms with Crippen molar-refractivity contribution in [3.05, 3.63) is 57.8 Å². The number of thioether (sulfide) groups is 1. The van der Waals surface area contributed by atoms with Gasteiger partial charge >= 0.3 is 5.97 Å². The molecule has 0 spiro atoms. The zero-order valence-electron chi connectivity index (χ0n) is 16.2. The topological polar surface area (TPSA) is 79.6 Å². The molecule has 146 valence electrons. The Morgan fingerprint density at radius 2 is 1.96 bits per heavy atom. The molecule has 0 unspecified atom stereocenters. The van der Waals surface area contributed by atoms with E-state index in [2.05, 4.69) is 0 Å². The predicted octanol–water partition coefficient (Wildman–Crippen LogP) is 4.63. The van der Waals surface area contributed by atoms with E-state index in [1.54, 1.807) is 24.3 Å². The van der Waals surface area contributed by atoms with Crippen LogP contribution in [-0.4, -0.2) is 37.7 Å². The number of carboxylic acid groups (broad SMARTS) is 1. The number of carboxylic acids is 1. The van der Waals surface area contributed by atoms with Gasteiger partial charge in [-0.25, -0.2) is 4.79 Å². The maximum atomic E-state index is 12.7. The third-order valence-electron chi connectivity index (χ3n) is 4.96. The van der Waals surface area contributed by atoms with Crippen LogP contribution in [0.1, 0.15) is 47.6 Å². The van der Waals surface area contributed by atoms with Crippen LogP contribution in [-0.2, 0) is 4.79 Å². The number of carbonyl (C=O) groups is 3. The van der Waals surface area contributed by atoms with Crippen molar-refractivity contribution in [3.63, 3.8) is 0 Å². The molecule has 6 nitrogen and oxygen atoms in total. The first kappa shape index (κ1) is 19.9. The summed E-state index contributed by atoms with van der Waals surface area (Å²) in [6.07, 6.45) is 2.45. The average molecular weight is 398 g/mol. The summed E-state index contributed by atoms with van der Waals surface area (Å²) in [5, 5.41) is 9.00. The summed E-state index contributed by atoms with van der Waals surface area (Å²) in [6.45, 7) is 7.63. The molecule has 0 saturated carbocycles. The van der Waals surface area contributed by atoms with Crippen molar-refractivity contribution in [2.24, 2.45) is 0 Å². The summed E-state index contributed by atoms with van der Waals surface area (Å²) in [6, 6.07) is 8.50. The fraction of sp³-hybridized carbons (Fsp3) is 0.286. The van der Waals surface area contributed by atoms with Crippen LogP contribution in [0.2, 0.25) is 0 Å². The summed E-state index contributed by atoms with van der Waals surface area (Å²) in [4.78, 5) is 37.9. The molecular weight excluding hydrogens is 376 g/mol. The van der Waals surface area contributed by atoms with Crippen molar-refractivity contribution in [2.45, 2.75) is 40.2 Å². The van der Waals surface area contributed by atoms with E-state index in [0.717, 1.165) is 34.4 Å². The largest absolute Gasteiger partial charge is 0.478 e. The Bertz CT molecular complexity index is 1010. The average Bonchev–Trinajstić information content (AvgIpc) is 3.09. The first-order valence-corrected chi connectivity index (χ1v) is 9.86. The number of carbonyl (C=O) groups excluding carboxylic acids is 2. The zero-order chi connectivity index (χ0) is 20.6. The van der Waals surface area contributed by atoms with Crippen LogP contribution in [0.4, 0.5) is 4.79 Å². The predicted molar refractivity (Wildman–Crippen MR) is 110 cm³/mol. The summed E-state index contributed by atoms with van der Waals surface area (Å²) in [5.74, 6) is -1.25. The minimum absolute atomic E-state index is 0.135. The monoisotopic (exact) mass is 398 g/mol. The van der Waals surface area contributed by atoms with Crippen LogP contribution in [0, 0.1) is 13.8 Å². The normalized spacial score (nSPS) is 16.9.